The van der Waals surface area contributed by atoms with Crippen LogP contribution in [0.2, 0.25) is 16.6 Å². The van der Waals surface area contributed by atoms with Crippen LogP contribution in [0.1, 0.15) is 143 Å². The van der Waals surface area contributed by atoms with E-state index in [1.807, 2.05) is 42.7 Å². The number of piperazine rings is 2. The molecule has 1 aromatic heterocycles. The third-order valence-electron chi connectivity index (χ3n) is 21.2. The van der Waals surface area contributed by atoms with Gasteiger partial charge in [0.2, 0.25) is 5.91 Å². The molecule has 21 heteroatoms. The van der Waals surface area contributed by atoms with Gasteiger partial charge >= 0.3 is 18.1 Å². The maximum Gasteiger partial charge on any atom is 0.410 e. The Morgan fingerprint density at radius 1 is 0.777 bits per heavy atom. The van der Waals surface area contributed by atoms with Crippen molar-refractivity contribution in [2.24, 2.45) is 17.3 Å². The fraction of sp³-hybridized carbons (Fsp3) is 0.589. The quantitative estimate of drug-likeness (QED) is 0.0499. The van der Waals surface area contributed by atoms with E-state index < -0.39 is 31.3 Å². The fourth-order valence-electron chi connectivity index (χ4n) is 16.3. The molecule has 1 spiro atoms. The molecule has 1 N–H and O–H groups in total. The lowest BCUT2D eigenvalue weighted by Crippen LogP contribution is -2.57. The Morgan fingerprint density at radius 3 is 2.10 bits per heavy atom. The van der Waals surface area contributed by atoms with Gasteiger partial charge in [0.25, 0.3) is 5.91 Å². The molecule has 0 radical (unpaired) electrons. The van der Waals surface area contributed by atoms with Crippen molar-refractivity contribution < 1.29 is 51.6 Å². The number of amides is 5. The van der Waals surface area contributed by atoms with Crippen molar-refractivity contribution in [3.05, 3.63) is 77.4 Å². The highest BCUT2D eigenvalue weighted by Crippen LogP contribution is 2.48. The van der Waals surface area contributed by atoms with Crippen molar-refractivity contribution in [3.8, 4) is 40.1 Å². The molecular formula is C73H97F2N9O9Si. The number of carbonyl (C=O) groups excluding carboxylic acids is 4. The maximum absolute atomic E-state index is 18.3. The van der Waals surface area contributed by atoms with Gasteiger partial charge in [-0.2, -0.15) is 9.97 Å². The standard InChI is InChI=1S/C73H97F2N9O9Si/c1-46(2)94(47(3)4,48(5)6)36-24-57-60(74)19-13-51-37-55(92-45-89-11)39-59(64(51)57)56-17-18-58-66(65(56)75)77-69(78-67(58)82-42-53-15-16-54(43-82)84(53)71(88)93-72(8,9)10)91-44-49(7)40-79-32-34-80(35-33-79)41-50-21-25-73(26-22-50)27-30-81(31-28-73)68(86)52-14-20-62(90-12)61(38-52)83-29-23-63(85)76-70(83)87/h13-14,17-20,37-39,46-50,53-54H,15-16,21-23,25-35,40-45H2,1-12H3,(H,76,85,87)/t49-,53?,54?/m1/s1. The summed E-state index contributed by atoms with van der Waals surface area (Å²) in [7, 11) is 0.718. The molecule has 5 saturated heterocycles. The Morgan fingerprint density at radius 2 is 1.46 bits per heavy atom. The van der Waals surface area contributed by atoms with E-state index in [0.717, 1.165) is 65.0 Å². The number of anilines is 2. The van der Waals surface area contributed by atoms with Crippen molar-refractivity contribution in [2.45, 2.75) is 161 Å². The van der Waals surface area contributed by atoms with Crippen molar-refractivity contribution >= 4 is 65.2 Å². The van der Waals surface area contributed by atoms with Gasteiger partial charge in [0.05, 0.1) is 37.1 Å². The van der Waals surface area contributed by atoms with E-state index in [1.165, 1.54) is 50.9 Å². The van der Waals surface area contributed by atoms with Gasteiger partial charge in [0.1, 0.15) is 42.3 Å². The Hall–Kier alpha value is -7.12. The normalized spacial score (nSPS) is 20.4. The number of methoxy groups -OCH3 is 2. The highest BCUT2D eigenvalue weighted by Gasteiger charge is 2.46. The van der Waals surface area contributed by atoms with Crippen LogP contribution in [0.3, 0.4) is 0 Å². The van der Waals surface area contributed by atoms with Crippen LogP contribution in [-0.2, 0) is 14.3 Å². The summed E-state index contributed by atoms with van der Waals surface area (Å²) in [5.74, 6) is 4.05. The largest absolute Gasteiger partial charge is 0.495 e. The molecule has 18 nitrogen and oxygen atoms in total. The van der Waals surface area contributed by atoms with E-state index in [9.17, 15) is 19.2 Å². The summed E-state index contributed by atoms with van der Waals surface area (Å²) in [6.07, 6.45) is 8.07. The van der Waals surface area contributed by atoms with Crippen LogP contribution in [0.25, 0.3) is 32.8 Å². The first-order valence-corrected chi connectivity index (χ1v) is 36.5. The first-order valence-electron chi connectivity index (χ1n) is 34.2. The van der Waals surface area contributed by atoms with Crippen LogP contribution in [0.4, 0.5) is 29.9 Å². The van der Waals surface area contributed by atoms with Crippen molar-refractivity contribution in [3.63, 3.8) is 0 Å². The number of ether oxygens (including phenoxy) is 5. The highest BCUT2D eigenvalue weighted by atomic mass is 28.3. The summed E-state index contributed by atoms with van der Waals surface area (Å²) in [6.45, 7) is 29.6. The minimum atomic E-state index is -2.34. The molecule has 1 aliphatic carbocycles. The zero-order valence-electron chi connectivity index (χ0n) is 57.3. The number of urea groups is 1. The molecule has 506 valence electrons. The van der Waals surface area contributed by atoms with E-state index in [4.69, 9.17) is 33.7 Å². The first-order chi connectivity index (χ1) is 44.9. The predicted octanol–water partition coefficient (Wildman–Crippen LogP) is 13.1. The molecule has 2 unspecified atom stereocenters. The van der Waals surface area contributed by atoms with Gasteiger partial charge in [-0.1, -0.05) is 66.5 Å². The second kappa shape index (κ2) is 28.3. The molecule has 6 fully saturated rings. The lowest BCUT2D eigenvalue weighted by molar-refractivity contribution is -0.120. The fourth-order valence-corrected chi connectivity index (χ4v) is 21.5. The Labute approximate surface area is 554 Å². The molecule has 6 aliphatic rings. The summed E-state index contributed by atoms with van der Waals surface area (Å²) in [5, 5.41) is 3.98. The van der Waals surface area contributed by atoms with Gasteiger partial charge in [0.15, 0.2) is 12.6 Å². The van der Waals surface area contributed by atoms with Crippen LogP contribution in [0.15, 0.2) is 54.6 Å². The molecule has 5 amide bonds. The SMILES string of the molecule is COCOc1cc(-c2ccc3c(N4CC5CCC(C4)N5C(=O)OC(C)(C)C)nc(OC[C@H](C)CN4CCN(CC5CCC6(CC5)CCN(C(=O)c5ccc(OC)c(N7CCC(=O)NC7=O)c5)CC6)CC4)nc3c2F)c2c(C#C[Si](C(C)C)(C(C)C)C(C)C)c(F)ccc2c1. The topological polar surface area (TPSA) is 172 Å². The number of rotatable bonds is 18. The van der Waals surface area contributed by atoms with Crippen molar-refractivity contribution in [1.82, 2.24) is 34.9 Å². The number of piperidine rings is 1. The van der Waals surface area contributed by atoms with E-state index in [2.05, 4.69) is 79.9 Å². The summed E-state index contributed by atoms with van der Waals surface area (Å²) in [6, 6.07) is 14.7. The van der Waals surface area contributed by atoms with Crippen LogP contribution in [0, 0.1) is 40.3 Å². The van der Waals surface area contributed by atoms with Gasteiger partial charge < -0.3 is 43.3 Å². The summed E-state index contributed by atoms with van der Waals surface area (Å²) in [4.78, 5) is 74.7. The van der Waals surface area contributed by atoms with Crippen LogP contribution in [0.5, 0.6) is 17.5 Å². The molecule has 11 rings (SSSR count). The lowest BCUT2D eigenvalue weighted by Gasteiger charge is -2.47. The number of hydrogen-bond donors (Lipinski definition) is 1. The summed E-state index contributed by atoms with van der Waals surface area (Å²) >= 11 is 0. The zero-order chi connectivity index (χ0) is 67.0. The third-order valence-corrected chi connectivity index (χ3v) is 27.5. The van der Waals surface area contributed by atoms with Gasteiger partial charge in [-0.25, -0.2) is 18.4 Å². The number of halogens is 2. The molecule has 6 heterocycles. The smallest absolute Gasteiger partial charge is 0.410 e. The second-order valence-corrected chi connectivity index (χ2v) is 35.0. The van der Waals surface area contributed by atoms with E-state index in [0.29, 0.717) is 106 Å². The number of likely N-dealkylation sites (tertiary alicyclic amines) is 1. The average molecular weight is 1310 g/mol. The van der Waals surface area contributed by atoms with E-state index >= 15 is 8.78 Å². The predicted molar refractivity (Wildman–Crippen MR) is 365 cm³/mol. The Bertz CT molecular complexity index is 3660. The number of imide groups is 1. The minimum absolute atomic E-state index is 0.0515. The number of carbonyl (C=O) groups is 4. The third kappa shape index (κ3) is 14.4. The molecule has 5 aromatic rings. The van der Waals surface area contributed by atoms with Crippen LogP contribution in [-0.4, -0.2) is 179 Å². The second-order valence-electron chi connectivity index (χ2n) is 29.4. The monoisotopic (exact) mass is 1310 g/mol. The Balaban J connectivity index is 0.769. The minimum Gasteiger partial charge on any atom is -0.495 e. The van der Waals surface area contributed by atoms with Gasteiger partial charge in [-0.3, -0.25) is 24.7 Å². The highest BCUT2D eigenvalue weighted by molar-refractivity contribution is 6.90. The van der Waals surface area contributed by atoms with Gasteiger partial charge in [-0.05, 0) is 154 Å². The molecule has 4 aromatic carbocycles. The number of benzene rings is 4. The number of aromatic nitrogens is 2. The lowest BCUT2D eigenvalue weighted by atomic mass is 9.65. The molecule has 5 aliphatic heterocycles. The number of hydrogen-bond acceptors (Lipinski definition) is 14. The molecular weight excluding hydrogens is 1210 g/mol. The molecule has 2 bridgehead atoms. The van der Waals surface area contributed by atoms with Crippen molar-refractivity contribution in [1.29, 1.82) is 0 Å². The number of nitrogens with zero attached hydrogens (tertiary/aromatic N) is 8. The summed E-state index contributed by atoms with van der Waals surface area (Å²) in [5.41, 5.74) is 6.09. The van der Waals surface area contributed by atoms with Crippen LogP contribution >= 0.6 is 0 Å². The van der Waals surface area contributed by atoms with Crippen LogP contribution < -0.4 is 29.3 Å². The van der Waals surface area contributed by atoms with E-state index in [-0.39, 0.29) is 83.7 Å². The molecule has 3 atom stereocenters. The van der Waals surface area contributed by atoms with Crippen molar-refractivity contribution in [2.75, 3.05) is 109 Å². The first kappa shape index (κ1) is 68.3. The van der Waals surface area contributed by atoms with Gasteiger partial charge in [-0.15, -0.1) is 5.54 Å². The number of fused-ring (bicyclic) bond motifs is 4. The van der Waals surface area contributed by atoms with E-state index in [1.54, 1.807) is 36.4 Å². The maximum atomic E-state index is 18.3. The average Bonchev–Trinajstić information content (AvgIpc) is 0.953. The molecule has 94 heavy (non-hydrogen) atoms. The summed E-state index contributed by atoms with van der Waals surface area (Å²) < 4.78 is 64.3. The molecule has 1 saturated carbocycles. The Kier molecular flexibility index (Phi) is 20.5. The number of nitrogens with one attached hydrogen (secondary N) is 1. The zero-order valence-corrected chi connectivity index (χ0v) is 58.3. The van der Waals surface area contributed by atoms with Gasteiger partial charge in [0, 0.05) is 113 Å².